The summed E-state index contributed by atoms with van der Waals surface area (Å²) in [5, 5.41) is 2.75. The number of hydrogen-bond donors (Lipinski definition) is 2. The average Bonchev–Trinajstić information content (AvgIpc) is 2.12. The van der Waals surface area contributed by atoms with E-state index in [9.17, 15) is 13.2 Å². The fraction of sp³-hybridized carbons (Fsp3) is 0.417. The summed E-state index contributed by atoms with van der Waals surface area (Å²) in [5.74, 6) is -0.347. The second kappa shape index (κ2) is 4.61. The van der Waals surface area contributed by atoms with Gasteiger partial charge in [0.15, 0.2) is 9.84 Å². The van der Waals surface area contributed by atoms with Crippen LogP contribution in [0.15, 0.2) is 23.1 Å². The van der Waals surface area contributed by atoms with Gasteiger partial charge in [0.1, 0.15) is 0 Å². The van der Waals surface area contributed by atoms with E-state index in [0.717, 1.165) is 6.26 Å². The van der Waals surface area contributed by atoms with Crippen molar-refractivity contribution < 1.29 is 13.2 Å². The molecule has 6 heteroatoms. The number of amides is 1. The third kappa shape index (κ3) is 4.03. The lowest BCUT2D eigenvalue weighted by molar-refractivity contribution is 0.0919. The summed E-state index contributed by atoms with van der Waals surface area (Å²) in [6, 6.07) is 4.12. The average molecular weight is 270 g/mol. The minimum absolute atomic E-state index is 0.0431. The van der Waals surface area contributed by atoms with E-state index in [1.54, 1.807) is 0 Å². The van der Waals surface area contributed by atoms with E-state index in [2.05, 4.69) is 5.32 Å². The number of hydrogen-bond acceptors (Lipinski definition) is 4. The summed E-state index contributed by atoms with van der Waals surface area (Å²) in [4.78, 5) is 12.0. The van der Waals surface area contributed by atoms with Crippen LogP contribution in [0.1, 0.15) is 31.1 Å². The maximum absolute atomic E-state index is 11.9. The van der Waals surface area contributed by atoms with Crippen LogP contribution in [0.4, 0.5) is 5.69 Å². The normalized spacial score (nSPS) is 12.2. The lowest BCUT2D eigenvalue weighted by Gasteiger charge is -2.20. The highest BCUT2D eigenvalue weighted by molar-refractivity contribution is 7.90. The van der Waals surface area contributed by atoms with Crippen LogP contribution in [-0.4, -0.2) is 26.1 Å². The first kappa shape index (κ1) is 14.5. The number of nitrogens with one attached hydrogen (secondary N) is 1. The van der Waals surface area contributed by atoms with Gasteiger partial charge in [-0.05, 0) is 39.0 Å². The Labute approximate surface area is 107 Å². The predicted molar refractivity (Wildman–Crippen MR) is 71.2 cm³/mol. The van der Waals surface area contributed by atoms with Gasteiger partial charge in [-0.1, -0.05) is 0 Å². The summed E-state index contributed by atoms with van der Waals surface area (Å²) in [7, 11) is -3.39. The van der Waals surface area contributed by atoms with Crippen molar-refractivity contribution in [1.82, 2.24) is 5.32 Å². The molecular weight excluding hydrogens is 252 g/mol. The Morgan fingerprint density at radius 3 is 2.22 bits per heavy atom. The Morgan fingerprint density at radius 2 is 1.78 bits per heavy atom. The molecule has 3 N–H and O–H groups in total. The van der Waals surface area contributed by atoms with Crippen LogP contribution in [0.5, 0.6) is 0 Å². The van der Waals surface area contributed by atoms with Crippen molar-refractivity contribution in [1.29, 1.82) is 0 Å². The Balaban J connectivity index is 3.19. The molecule has 0 spiro atoms. The van der Waals surface area contributed by atoms with Crippen LogP contribution in [-0.2, 0) is 9.84 Å². The molecule has 100 valence electrons. The SMILES string of the molecule is CC(C)(C)NC(=O)c1cc(N)cc(S(C)(=O)=O)c1. The lowest BCUT2D eigenvalue weighted by atomic mass is 10.1. The van der Waals surface area contributed by atoms with E-state index in [1.807, 2.05) is 20.8 Å². The number of nitrogen functional groups attached to an aromatic ring is 1. The molecule has 0 aliphatic carbocycles. The molecule has 18 heavy (non-hydrogen) atoms. The van der Waals surface area contributed by atoms with Gasteiger partial charge < -0.3 is 11.1 Å². The topological polar surface area (TPSA) is 89.3 Å². The minimum Gasteiger partial charge on any atom is -0.399 e. The largest absolute Gasteiger partial charge is 0.399 e. The van der Waals surface area contributed by atoms with E-state index in [1.165, 1.54) is 18.2 Å². The highest BCUT2D eigenvalue weighted by Crippen LogP contribution is 2.17. The van der Waals surface area contributed by atoms with Crippen molar-refractivity contribution >= 4 is 21.4 Å². The molecule has 0 atom stereocenters. The van der Waals surface area contributed by atoms with Gasteiger partial charge >= 0.3 is 0 Å². The van der Waals surface area contributed by atoms with Gasteiger partial charge in [-0.3, -0.25) is 4.79 Å². The Bertz CT molecular complexity index is 571. The van der Waals surface area contributed by atoms with Crippen LogP contribution in [0.3, 0.4) is 0 Å². The highest BCUT2D eigenvalue weighted by Gasteiger charge is 2.18. The molecule has 0 aliphatic heterocycles. The maximum Gasteiger partial charge on any atom is 0.251 e. The van der Waals surface area contributed by atoms with Gasteiger partial charge in [-0.25, -0.2) is 8.42 Å². The van der Waals surface area contributed by atoms with Crippen LogP contribution in [0.2, 0.25) is 0 Å². The third-order valence-electron chi connectivity index (χ3n) is 2.11. The summed E-state index contributed by atoms with van der Waals surface area (Å²) >= 11 is 0. The van der Waals surface area contributed by atoms with Crippen LogP contribution in [0.25, 0.3) is 0 Å². The molecule has 1 rings (SSSR count). The predicted octanol–water partition coefficient (Wildman–Crippen LogP) is 1.20. The van der Waals surface area contributed by atoms with Gasteiger partial charge in [0.2, 0.25) is 0 Å². The molecule has 0 bridgehead atoms. The molecule has 0 saturated carbocycles. The smallest absolute Gasteiger partial charge is 0.251 e. The van der Waals surface area contributed by atoms with Crippen LogP contribution >= 0.6 is 0 Å². The molecule has 0 aromatic heterocycles. The zero-order valence-electron chi connectivity index (χ0n) is 10.9. The fourth-order valence-corrected chi connectivity index (χ4v) is 2.07. The van der Waals surface area contributed by atoms with E-state index < -0.39 is 15.4 Å². The monoisotopic (exact) mass is 270 g/mol. The van der Waals surface area contributed by atoms with Crippen LogP contribution in [0, 0.1) is 0 Å². The molecule has 0 aliphatic rings. The van der Waals surface area contributed by atoms with Gasteiger partial charge in [0.05, 0.1) is 4.90 Å². The van der Waals surface area contributed by atoms with E-state index >= 15 is 0 Å². The van der Waals surface area contributed by atoms with E-state index in [0.29, 0.717) is 0 Å². The van der Waals surface area contributed by atoms with Gasteiger partial charge in [0.25, 0.3) is 5.91 Å². The van der Waals surface area contributed by atoms with Crippen molar-refractivity contribution in [2.45, 2.75) is 31.2 Å². The number of carbonyl (C=O) groups excluding carboxylic acids is 1. The van der Waals surface area contributed by atoms with Crippen molar-refractivity contribution in [2.75, 3.05) is 12.0 Å². The van der Waals surface area contributed by atoms with Gasteiger partial charge in [0, 0.05) is 23.0 Å². The molecule has 0 fully saturated rings. The second-order valence-electron chi connectivity index (χ2n) is 5.27. The Morgan fingerprint density at radius 1 is 1.22 bits per heavy atom. The molecule has 0 heterocycles. The highest BCUT2D eigenvalue weighted by atomic mass is 32.2. The Kier molecular flexibility index (Phi) is 3.71. The van der Waals surface area contributed by atoms with Gasteiger partial charge in [-0.15, -0.1) is 0 Å². The van der Waals surface area contributed by atoms with Gasteiger partial charge in [-0.2, -0.15) is 0 Å². The number of carbonyl (C=O) groups is 1. The number of benzene rings is 1. The van der Waals surface area contributed by atoms with Crippen molar-refractivity contribution in [3.05, 3.63) is 23.8 Å². The standard InChI is InChI=1S/C12H18N2O3S/c1-12(2,3)14-11(15)8-5-9(13)7-10(6-8)18(4,16)17/h5-7H,13H2,1-4H3,(H,14,15). The first-order valence-corrected chi connectivity index (χ1v) is 7.31. The summed E-state index contributed by atoms with van der Waals surface area (Å²) < 4.78 is 22.9. The van der Waals surface area contributed by atoms with E-state index in [4.69, 9.17) is 5.73 Å². The molecule has 5 nitrogen and oxygen atoms in total. The van der Waals surface area contributed by atoms with Crippen molar-refractivity contribution in [3.63, 3.8) is 0 Å². The molecule has 1 aromatic rings. The zero-order chi connectivity index (χ0) is 14.1. The second-order valence-corrected chi connectivity index (χ2v) is 7.28. The molecule has 0 unspecified atom stereocenters. The zero-order valence-corrected chi connectivity index (χ0v) is 11.8. The Hall–Kier alpha value is -1.56. The van der Waals surface area contributed by atoms with E-state index in [-0.39, 0.29) is 22.1 Å². The molecular formula is C12H18N2O3S. The molecule has 0 saturated heterocycles. The first-order valence-electron chi connectivity index (χ1n) is 5.42. The number of sulfone groups is 1. The maximum atomic E-state index is 11.9. The molecule has 0 radical (unpaired) electrons. The number of nitrogens with two attached hydrogens (primary N) is 1. The lowest BCUT2D eigenvalue weighted by Crippen LogP contribution is -2.40. The van der Waals surface area contributed by atoms with Crippen LogP contribution < -0.4 is 11.1 Å². The summed E-state index contributed by atoms with van der Waals surface area (Å²) in [6.45, 7) is 5.53. The van der Waals surface area contributed by atoms with Crippen molar-refractivity contribution in [2.24, 2.45) is 0 Å². The quantitative estimate of drug-likeness (QED) is 0.790. The minimum atomic E-state index is -3.39. The summed E-state index contributed by atoms with van der Waals surface area (Å²) in [5.41, 5.74) is 5.71. The fourth-order valence-electron chi connectivity index (χ4n) is 1.38. The molecule has 1 amide bonds. The first-order chi connectivity index (χ1) is 7.99. The van der Waals surface area contributed by atoms with Crippen molar-refractivity contribution in [3.8, 4) is 0 Å². The molecule has 1 aromatic carbocycles. The third-order valence-corrected chi connectivity index (χ3v) is 3.20. The number of anilines is 1. The number of rotatable bonds is 2. The summed E-state index contributed by atoms with van der Waals surface area (Å²) in [6.07, 6.45) is 1.08.